The van der Waals surface area contributed by atoms with Crippen LogP contribution in [0.4, 0.5) is 0 Å². The van der Waals surface area contributed by atoms with Gasteiger partial charge in [-0.15, -0.1) is 0 Å². The van der Waals surface area contributed by atoms with E-state index in [9.17, 15) is 0 Å². The molecule has 7 aromatic carbocycles. The molecule has 3 heterocycles. The third kappa shape index (κ3) is 6.75. The largest absolute Gasteiger partial charge is 0.245 e. The van der Waals surface area contributed by atoms with Crippen molar-refractivity contribution in [3.63, 3.8) is 0 Å². The molecule has 0 saturated carbocycles. The van der Waals surface area contributed by atoms with Gasteiger partial charge >= 0.3 is 0 Å². The number of rotatable bonds is 7. The van der Waals surface area contributed by atoms with E-state index in [-0.39, 0.29) is 0 Å². The van der Waals surface area contributed by atoms with Gasteiger partial charge in [0.05, 0.1) is 33.8 Å². The molecule has 0 bridgehead atoms. The highest BCUT2D eigenvalue weighted by atomic mass is 14.9. The van der Waals surface area contributed by atoms with Gasteiger partial charge in [0.15, 0.2) is 5.82 Å². The first-order chi connectivity index (χ1) is 28.1. The lowest BCUT2D eigenvalue weighted by molar-refractivity contribution is 1.18. The molecule has 0 atom stereocenters. The molecule has 268 valence electrons. The maximum Gasteiger partial charge on any atom is 0.160 e. The van der Waals surface area contributed by atoms with Crippen molar-refractivity contribution in [2.45, 2.75) is 6.92 Å². The number of pyridine rings is 2. The van der Waals surface area contributed by atoms with Gasteiger partial charge < -0.3 is 0 Å². The summed E-state index contributed by atoms with van der Waals surface area (Å²) in [5.41, 5.74) is 16.3. The van der Waals surface area contributed by atoms with Crippen molar-refractivity contribution >= 4 is 21.8 Å². The lowest BCUT2D eigenvalue weighted by Crippen LogP contribution is -1.96. The van der Waals surface area contributed by atoms with Gasteiger partial charge in [-0.05, 0) is 65.1 Å². The van der Waals surface area contributed by atoms with E-state index in [0.29, 0.717) is 5.82 Å². The second kappa shape index (κ2) is 14.6. The predicted molar refractivity (Wildman–Crippen MR) is 235 cm³/mol. The van der Waals surface area contributed by atoms with Crippen LogP contribution in [-0.2, 0) is 0 Å². The fourth-order valence-corrected chi connectivity index (χ4v) is 7.60. The van der Waals surface area contributed by atoms with Crippen LogP contribution in [0.2, 0.25) is 0 Å². The lowest BCUT2D eigenvalue weighted by atomic mass is 9.98. The number of aryl methyl sites for hydroxylation is 1. The molecule has 0 aliphatic heterocycles. The zero-order chi connectivity index (χ0) is 38.1. The number of hydrogen-bond donors (Lipinski definition) is 0. The SMILES string of the molecule is Cc1cc(-c2cccc(-c3cccc(-c4nc(-c5ccccc5)cc(-c5ccc(-c6ccccc6)cc5)n4)c3)c2)nc2c1ccc1ccc(-c3ccccc3)nc12. The number of fused-ring (bicyclic) bond motifs is 3. The van der Waals surface area contributed by atoms with E-state index in [1.165, 1.54) is 11.1 Å². The van der Waals surface area contributed by atoms with Crippen molar-refractivity contribution in [1.82, 2.24) is 19.9 Å². The minimum atomic E-state index is 0.678. The Kier molecular flexibility index (Phi) is 8.69. The second-order valence-electron chi connectivity index (χ2n) is 14.4. The van der Waals surface area contributed by atoms with Gasteiger partial charge in [-0.3, -0.25) is 0 Å². The average Bonchev–Trinajstić information content (AvgIpc) is 3.29. The van der Waals surface area contributed by atoms with Crippen LogP contribution in [0.15, 0.2) is 200 Å². The summed E-state index contributed by atoms with van der Waals surface area (Å²) >= 11 is 0. The maximum atomic E-state index is 5.29. The molecule has 0 unspecified atom stereocenters. The highest BCUT2D eigenvalue weighted by Crippen LogP contribution is 2.34. The zero-order valence-corrected chi connectivity index (χ0v) is 31.3. The van der Waals surface area contributed by atoms with E-state index >= 15 is 0 Å². The summed E-state index contributed by atoms with van der Waals surface area (Å²) in [6.07, 6.45) is 0. The lowest BCUT2D eigenvalue weighted by Gasteiger charge is -2.12. The maximum absolute atomic E-state index is 5.29. The molecule has 0 spiro atoms. The Hall–Kier alpha value is -7.56. The molecule has 0 aliphatic carbocycles. The molecule has 0 amide bonds. The number of benzene rings is 7. The molecule has 4 nitrogen and oxygen atoms in total. The summed E-state index contributed by atoms with van der Waals surface area (Å²) in [7, 11) is 0. The van der Waals surface area contributed by atoms with Gasteiger partial charge in [-0.1, -0.05) is 170 Å². The van der Waals surface area contributed by atoms with E-state index in [0.717, 1.165) is 89.1 Å². The van der Waals surface area contributed by atoms with Gasteiger partial charge in [0.2, 0.25) is 0 Å². The normalized spacial score (nSPS) is 11.2. The average molecular weight is 729 g/mol. The van der Waals surface area contributed by atoms with Gasteiger partial charge in [0, 0.05) is 38.6 Å². The van der Waals surface area contributed by atoms with Gasteiger partial charge in [-0.2, -0.15) is 0 Å². The monoisotopic (exact) mass is 728 g/mol. The molecule has 0 radical (unpaired) electrons. The Bertz CT molecular complexity index is 3050. The van der Waals surface area contributed by atoms with Crippen LogP contribution in [0.5, 0.6) is 0 Å². The molecule has 57 heavy (non-hydrogen) atoms. The van der Waals surface area contributed by atoms with Crippen LogP contribution in [0.1, 0.15) is 5.56 Å². The van der Waals surface area contributed by atoms with Crippen molar-refractivity contribution in [3.05, 3.63) is 206 Å². The number of nitrogens with zero attached hydrogens (tertiary/aromatic N) is 4. The quantitative estimate of drug-likeness (QED) is 0.153. The summed E-state index contributed by atoms with van der Waals surface area (Å²) in [4.78, 5) is 20.7. The molecular formula is C53H36N4. The summed E-state index contributed by atoms with van der Waals surface area (Å²) in [6.45, 7) is 2.16. The standard InChI is InChI=1S/C53H36N4/c1-35-31-48(55-52-46(35)29-27-41-28-30-47(54-51(41)52)38-15-7-3-8-16-38)44-21-11-19-42(32-44)43-20-12-22-45(33-43)53-56-49(39-17-9-4-10-18-39)34-50(57-53)40-25-23-37(24-26-40)36-13-5-2-6-14-36/h2-34H,1H3. The van der Waals surface area contributed by atoms with E-state index in [1.807, 2.05) is 42.5 Å². The van der Waals surface area contributed by atoms with Gasteiger partial charge in [-0.25, -0.2) is 19.9 Å². The van der Waals surface area contributed by atoms with Crippen molar-refractivity contribution in [3.8, 4) is 78.7 Å². The van der Waals surface area contributed by atoms with Crippen molar-refractivity contribution in [2.75, 3.05) is 0 Å². The molecule has 0 saturated heterocycles. The summed E-state index contributed by atoms with van der Waals surface area (Å²) in [5, 5.41) is 2.18. The Morgan fingerprint density at radius 2 is 0.737 bits per heavy atom. The molecule has 10 rings (SSSR count). The predicted octanol–water partition coefficient (Wildman–Crippen LogP) is 13.6. The third-order valence-corrected chi connectivity index (χ3v) is 10.6. The molecular weight excluding hydrogens is 693 g/mol. The number of hydrogen-bond acceptors (Lipinski definition) is 4. The molecule has 0 aliphatic rings. The third-order valence-electron chi connectivity index (χ3n) is 10.6. The van der Waals surface area contributed by atoms with E-state index < -0.39 is 0 Å². The van der Waals surface area contributed by atoms with Crippen LogP contribution >= 0.6 is 0 Å². The molecule has 0 fully saturated rings. The van der Waals surface area contributed by atoms with Crippen molar-refractivity contribution in [2.24, 2.45) is 0 Å². The Labute approximate surface area is 331 Å². The summed E-state index contributed by atoms with van der Waals surface area (Å²) < 4.78 is 0. The number of aromatic nitrogens is 4. The first-order valence-corrected chi connectivity index (χ1v) is 19.2. The fourth-order valence-electron chi connectivity index (χ4n) is 7.60. The Morgan fingerprint density at radius 1 is 0.281 bits per heavy atom. The van der Waals surface area contributed by atoms with Gasteiger partial charge in [0.1, 0.15) is 0 Å². The molecule has 4 heteroatoms. The van der Waals surface area contributed by atoms with E-state index in [4.69, 9.17) is 19.9 Å². The van der Waals surface area contributed by atoms with Crippen LogP contribution < -0.4 is 0 Å². The first-order valence-electron chi connectivity index (χ1n) is 19.2. The van der Waals surface area contributed by atoms with Crippen molar-refractivity contribution in [1.29, 1.82) is 0 Å². The van der Waals surface area contributed by atoms with Crippen LogP contribution in [0, 0.1) is 6.92 Å². The Balaban J connectivity index is 1.03. The van der Waals surface area contributed by atoms with E-state index in [1.54, 1.807) is 0 Å². The smallest absolute Gasteiger partial charge is 0.160 e. The van der Waals surface area contributed by atoms with Crippen molar-refractivity contribution < 1.29 is 0 Å². The van der Waals surface area contributed by atoms with Crippen LogP contribution in [0.3, 0.4) is 0 Å². The first kappa shape index (κ1) is 34.0. The van der Waals surface area contributed by atoms with Crippen LogP contribution in [-0.4, -0.2) is 19.9 Å². The highest BCUT2D eigenvalue weighted by Gasteiger charge is 2.14. The zero-order valence-electron chi connectivity index (χ0n) is 31.3. The molecule has 3 aromatic heterocycles. The molecule has 10 aromatic rings. The second-order valence-corrected chi connectivity index (χ2v) is 14.4. The summed E-state index contributed by atoms with van der Waals surface area (Å²) in [6, 6.07) is 69.6. The Morgan fingerprint density at radius 3 is 1.40 bits per heavy atom. The van der Waals surface area contributed by atoms with Gasteiger partial charge in [0.25, 0.3) is 0 Å². The topological polar surface area (TPSA) is 51.6 Å². The highest BCUT2D eigenvalue weighted by molar-refractivity contribution is 6.05. The minimum absolute atomic E-state index is 0.678. The fraction of sp³-hybridized carbons (Fsp3) is 0.0189. The molecule has 0 N–H and O–H groups in total. The minimum Gasteiger partial charge on any atom is -0.245 e. The van der Waals surface area contributed by atoms with E-state index in [2.05, 4.69) is 165 Å². The van der Waals surface area contributed by atoms with Crippen LogP contribution in [0.25, 0.3) is 100 Å². The summed E-state index contributed by atoms with van der Waals surface area (Å²) in [5.74, 6) is 0.678.